The molecule has 0 bridgehead atoms. The summed E-state index contributed by atoms with van der Waals surface area (Å²) in [6, 6.07) is 12.0. The molecule has 1 aromatic heterocycles. The van der Waals surface area contributed by atoms with E-state index in [4.69, 9.17) is 0 Å². The average molecular weight is 439 g/mol. The van der Waals surface area contributed by atoms with Crippen molar-refractivity contribution in [3.8, 4) is 0 Å². The molecule has 1 atom stereocenters. The summed E-state index contributed by atoms with van der Waals surface area (Å²) in [5.74, 6) is 0.439. The van der Waals surface area contributed by atoms with Crippen LogP contribution in [0.25, 0.3) is 0 Å². The maximum absolute atomic E-state index is 12.5. The molecule has 1 N–H and O–H groups in total. The van der Waals surface area contributed by atoms with E-state index >= 15 is 0 Å². The molecule has 0 spiro atoms. The highest BCUT2D eigenvalue weighted by Gasteiger charge is 2.25. The van der Waals surface area contributed by atoms with Crippen LogP contribution in [0.4, 0.5) is 5.69 Å². The molecule has 164 valence electrons. The number of hydrogen-bond acceptors (Lipinski definition) is 5. The normalized spacial score (nSPS) is 19.2. The molecule has 1 fully saturated rings. The van der Waals surface area contributed by atoms with E-state index in [9.17, 15) is 9.59 Å². The molecule has 7 heteroatoms. The van der Waals surface area contributed by atoms with Crippen LogP contribution in [-0.2, 0) is 11.3 Å². The maximum Gasteiger partial charge on any atom is 0.251 e. The molecule has 4 rings (SSSR count). The summed E-state index contributed by atoms with van der Waals surface area (Å²) in [6.07, 6.45) is 6.62. The van der Waals surface area contributed by atoms with E-state index in [1.54, 1.807) is 11.1 Å². The number of hydrogen-bond donors (Lipinski definition) is 1. The second-order valence-corrected chi connectivity index (χ2v) is 9.25. The van der Waals surface area contributed by atoms with Crippen molar-refractivity contribution in [3.63, 3.8) is 0 Å². The van der Waals surface area contributed by atoms with Crippen molar-refractivity contribution in [2.75, 3.05) is 30.3 Å². The number of aromatic nitrogens is 1. The van der Waals surface area contributed by atoms with E-state index in [2.05, 4.69) is 22.1 Å². The SMILES string of the molecule is CC1CCCCN1CCCNC(=O)c1ccc(CN2C(=O)CSc3ncccc32)cc1. The van der Waals surface area contributed by atoms with E-state index in [0.717, 1.165) is 29.2 Å². The number of amides is 2. The van der Waals surface area contributed by atoms with Crippen LogP contribution in [0.15, 0.2) is 47.6 Å². The Kier molecular flexibility index (Phi) is 7.25. The van der Waals surface area contributed by atoms with Gasteiger partial charge in [-0.1, -0.05) is 30.3 Å². The monoisotopic (exact) mass is 438 g/mol. The third-order valence-electron chi connectivity index (χ3n) is 6.08. The fourth-order valence-electron chi connectivity index (χ4n) is 4.23. The molecule has 0 aliphatic carbocycles. The standard InChI is InChI=1S/C24H30N4O2S/c1-18-6-2-3-14-27(18)15-5-13-25-23(30)20-10-8-19(9-11-20)16-28-21-7-4-12-26-24(21)31-17-22(28)29/h4,7-12,18H,2-3,5-6,13-17H2,1H3,(H,25,30). The fourth-order valence-corrected chi connectivity index (χ4v) is 5.11. The molecule has 1 unspecified atom stereocenters. The number of nitrogens with one attached hydrogen (secondary N) is 1. The van der Waals surface area contributed by atoms with Crippen LogP contribution in [0, 0.1) is 0 Å². The maximum atomic E-state index is 12.5. The van der Waals surface area contributed by atoms with Crippen molar-refractivity contribution < 1.29 is 9.59 Å². The van der Waals surface area contributed by atoms with Gasteiger partial charge in [-0.05, 0) is 62.6 Å². The number of fused-ring (bicyclic) bond motifs is 1. The molecular formula is C24H30N4O2S. The number of benzene rings is 1. The summed E-state index contributed by atoms with van der Waals surface area (Å²) in [4.78, 5) is 33.6. The first-order chi connectivity index (χ1) is 15.1. The average Bonchev–Trinajstić information content (AvgIpc) is 2.80. The number of carbonyl (C=O) groups excluding carboxylic acids is 2. The lowest BCUT2D eigenvalue weighted by Gasteiger charge is -2.33. The molecule has 1 saturated heterocycles. The van der Waals surface area contributed by atoms with Crippen LogP contribution in [0.5, 0.6) is 0 Å². The van der Waals surface area contributed by atoms with Crippen molar-refractivity contribution in [1.82, 2.24) is 15.2 Å². The van der Waals surface area contributed by atoms with Crippen molar-refractivity contribution in [2.45, 2.75) is 50.2 Å². The summed E-state index contributed by atoms with van der Waals surface area (Å²) in [6.45, 7) is 5.68. The predicted molar refractivity (Wildman–Crippen MR) is 124 cm³/mol. The second kappa shape index (κ2) is 10.3. The Labute approximate surface area is 188 Å². The molecule has 0 radical (unpaired) electrons. The van der Waals surface area contributed by atoms with Gasteiger partial charge in [0.1, 0.15) is 5.03 Å². The van der Waals surface area contributed by atoms with Gasteiger partial charge in [-0.15, -0.1) is 0 Å². The fraction of sp³-hybridized carbons (Fsp3) is 0.458. The highest BCUT2D eigenvalue weighted by Crippen LogP contribution is 2.34. The van der Waals surface area contributed by atoms with Crippen LogP contribution in [0.3, 0.4) is 0 Å². The zero-order valence-corrected chi connectivity index (χ0v) is 18.9. The molecule has 2 aliphatic heterocycles. The molecule has 1 aromatic carbocycles. The molecule has 0 saturated carbocycles. The van der Waals surface area contributed by atoms with Crippen molar-refractivity contribution in [1.29, 1.82) is 0 Å². The van der Waals surface area contributed by atoms with Crippen LogP contribution in [-0.4, -0.2) is 53.1 Å². The number of nitrogens with zero attached hydrogens (tertiary/aromatic N) is 3. The summed E-state index contributed by atoms with van der Waals surface area (Å²) < 4.78 is 0. The van der Waals surface area contributed by atoms with E-state index in [0.29, 0.717) is 30.4 Å². The molecule has 2 aromatic rings. The van der Waals surface area contributed by atoms with Crippen LogP contribution in [0.1, 0.15) is 48.5 Å². The molecule has 2 amide bonds. The van der Waals surface area contributed by atoms with Gasteiger partial charge in [0.15, 0.2) is 0 Å². The van der Waals surface area contributed by atoms with Gasteiger partial charge in [0, 0.05) is 30.9 Å². The Morgan fingerprint density at radius 2 is 2.06 bits per heavy atom. The Balaban J connectivity index is 1.28. The highest BCUT2D eigenvalue weighted by molar-refractivity contribution is 8.00. The van der Waals surface area contributed by atoms with E-state index in [1.165, 1.54) is 37.6 Å². The number of rotatable bonds is 7. The Bertz CT molecular complexity index is 918. The minimum Gasteiger partial charge on any atom is -0.352 e. The third kappa shape index (κ3) is 5.46. The van der Waals surface area contributed by atoms with Crippen molar-refractivity contribution >= 4 is 29.3 Å². The third-order valence-corrected chi connectivity index (χ3v) is 7.06. The number of thioether (sulfide) groups is 1. The minimum atomic E-state index is -0.0433. The largest absolute Gasteiger partial charge is 0.352 e. The summed E-state index contributed by atoms with van der Waals surface area (Å²) in [5.41, 5.74) is 2.50. The van der Waals surface area contributed by atoms with Gasteiger partial charge in [-0.2, -0.15) is 0 Å². The quantitative estimate of drug-likeness (QED) is 0.668. The topological polar surface area (TPSA) is 65.5 Å². The Hall–Kier alpha value is -2.38. The first-order valence-electron chi connectivity index (χ1n) is 11.1. The van der Waals surface area contributed by atoms with E-state index in [-0.39, 0.29) is 11.8 Å². The van der Waals surface area contributed by atoms with Crippen LogP contribution < -0.4 is 10.2 Å². The lowest BCUT2D eigenvalue weighted by atomic mass is 10.0. The zero-order chi connectivity index (χ0) is 21.6. The second-order valence-electron chi connectivity index (χ2n) is 8.28. The lowest BCUT2D eigenvalue weighted by molar-refractivity contribution is -0.116. The molecule has 2 aliphatic rings. The zero-order valence-electron chi connectivity index (χ0n) is 18.0. The first-order valence-corrected chi connectivity index (χ1v) is 12.1. The van der Waals surface area contributed by atoms with Gasteiger partial charge in [-0.3, -0.25) is 9.59 Å². The number of piperidine rings is 1. The minimum absolute atomic E-state index is 0.0433. The van der Waals surface area contributed by atoms with Gasteiger partial charge in [0.05, 0.1) is 18.0 Å². The number of pyridine rings is 1. The molecular weight excluding hydrogens is 408 g/mol. The molecule has 6 nitrogen and oxygen atoms in total. The van der Waals surface area contributed by atoms with Gasteiger partial charge in [-0.25, -0.2) is 4.98 Å². The smallest absolute Gasteiger partial charge is 0.251 e. The van der Waals surface area contributed by atoms with Gasteiger partial charge >= 0.3 is 0 Å². The Morgan fingerprint density at radius 1 is 1.23 bits per heavy atom. The van der Waals surface area contributed by atoms with Gasteiger partial charge < -0.3 is 15.1 Å². The first kappa shape index (κ1) is 21.8. The summed E-state index contributed by atoms with van der Waals surface area (Å²) in [7, 11) is 0. The van der Waals surface area contributed by atoms with Crippen molar-refractivity contribution in [2.24, 2.45) is 0 Å². The number of anilines is 1. The van der Waals surface area contributed by atoms with E-state index in [1.807, 2.05) is 36.4 Å². The summed E-state index contributed by atoms with van der Waals surface area (Å²) in [5, 5.41) is 3.92. The van der Waals surface area contributed by atoms with Crippen LogP contribution >= 0.6 is 11.8 Å². The highest BCUT2D eigenvalue weighted by atomic mass is 32.2. The molecule has 3 heterocycles. The van der Waals surface area contributed by atoms with Gasteiger partial charge in [0.2, 0.25) is 5.91 Å². The summed E-state index contributed by atoms with van der Waals surface area (Å²) >= 11 is 1.48. The van der Waals surface area contributed by atoms with E-state index < -0.39 is 0 Å². The molecule has 31 heavy (non-hydrogen) atoms. The van der Waals surface area contributed by atoms with Crippen molar-refractivity contribution in [3.05, 3.63) is 53.7 Å². The predicted octanol–water partition coefficient (Wildman–Crippen LogP) is 3.71. The number of carbonyl (C=O) groups is 2. The number of likely N-dealkylation sites (tertiary alicyclic amines) is 1. The van der Waals surface area contributed by atoms with Gasteiger partial charge in [0.25, 0.3) is 5.91 Å². The lowest BCUT2D eigenvalue weighted by Crippen LogP contribution is -2.39. The Morgan fingerprint density at radius 3 is 2.87 bits per heavy atom. The van der Waals surface area contributed by atoms with Crippen LogP contribution in [0.2, 0.25) is 0 Å².